The van der Waals surface area contributed by atoms with Crippen LogP contribution in [0.1, 0.15) is 44.6 Å². The molecule has 1 aliphatic carbocycles. The van der Waals surface area contributed by atoms with Crippen molar-refractivity contribution in [2.45, 2.75) is 52.0 Å². The molecule has 1 N–H and O–H groups in total. The third-order valence-corrected chi connectivity index (χ3v) is 4.02. The molecule has 0 amide bonds. The Labute approximate surface area is 108 Å². The van der Waals surface area contributed by atoms with Crippen LogP contribution < -0.4 is 5.32 Å². The van der Waals surface area contributed by atoms with Gasteiger partial charge in [0.05, 0.1) is 5.69 Å². The first kappa shape index (κ1) is 13.3. The molecule has 1 aromatic carbocycles. The quantitative estimate of drug-likeness (QED) is 0.826. The highest BCUT2D eigenvalue weighted by molar-refractivity contribution is 5.47. The molecule has 0 heterocycles. The molecule has 0 radical (unpaired) electrons. The number of halogens is 2. The Morgan fingerprint density at radius 1 is 1.17 bits per heavy atom. The summed E-state index contributed by atoms with van der Waals surface area (Å²) in [7, 11) is 0. The van der Waals surface area contributed by atoms with Crippen LogP contribution in [-0.4, -0.2) is 6.04 Å². The molecule has 2 atom stereocenters. The van der Waals surface area contributed by atoms with Gasteiger partial charge in [-0.25, -0.2) is 8.78 Å². The van der Waals surface area contributed by atoms with Crippen molar-refractivity contribution in [2.75, 3.05) is 5.32 Å². The maximum atomic E-state index is 13.8. The molecular formula is C15H21F2N. The summed E-state index contributed by atoms with van der Waals surface area (Å²) in [6.45, 7) is 3.74. The van der Waals surface area contributed by atoms with Gasteiger partial charge < -0.3 is 5.32 Å². The van der Waals surface area contributed by atoms with Crippen molar-refractivity contribution in [3.8, 4) is 0 Å². The maximum absolute atomic E-state index is 13.8. The molecule has 1 nitrogen and oxygen atoms in total. The number of anilines is 1. The van der Waals surface area contributed by atoms with E-state index in [4.69, 9.17) is 0 Å². The molecule has 0 saturated heterocycles. The first-order chi connectivity index (χ1) is 8.61. The van der Waals surface area contributed by atoms with Crippen LogP contribution >= 0.6 is 0 Å². The number of rotatable bonds is 3. The lowest BCUT2D eigenvalue weighted by Crippen LogP contribution is -2.32. The average Bonchev–Trinajstić information content (AvgIpc) is 2.36. The molecule has 100 valence electrons. The van der Waals surface area contributed by atoms with Gasteiger partial charge in [-0.1, -0.05) is 26.2 Å². The van der Waals surface area contributed by atoms with E-state index in [1.165, 1.54) is 31.4 Å². The van der Waals surface area contributed by atoms with Gasteiger partial charge in [0.1, 0.15) is 11.6 Å². The second-order valence-corrected chi connectivity index (χ2v) is 5.28. The molecule has 2 rings (SSSR count). The topological polar surface area (TPSA) is 12.0 Å². The predicted octanol–water partition coefficient (Wildman–Crippen LogP) is 4.65. The van der Waals surface area contributed by atoms with Crippen LogP contribution in [0.5, 0.6) is 0 Å². The minimum Gasteiger partial charge on any atom is -0.380 e. The number of hydrogen-bond donors (Lipinski definition) is 1. The fourth-order valence-corrected chi connectivity index (χ4v) is 2.84. The fourth-order valence-electron chi connectivity index (χ4n) is 2.84. The monoisotopic (exact) mass is 253 g/mol. The van der Waals surface area contributed by atoms with Crippen LogP contribution in [0.2, 0.25) is 0 Å². The fraction of sp³-hybridized carbons (Fsp3) is 0.600. The van der Waals surface area contributed by atoms with Crippen LogP contribution in [0.4, 0.5) is 14.5 Å². The number of hydrogen-bond acceptors (Lipinski definition) is 1. The molecule has 0 spiro atoms. The molecule has 0 aromatic heterocycles. The van der Waals surface area contributed by atoms with E-state index < -0.39 is 0 Å². The van der Waals surface area contributed by atoms with E-state index in [9.17, 15) is 8.78 Å². The van der Waals surface area contributed by atoms with E-state index in [0.717, 1.165) is 12.8 Å². The third kappa shape index (κ3) is 2.82. The summed E-state index contributed by atoms with van der Waals surface area (Å²) in [5, 5.41) is 3.20. The van der Waals surface area contributed by atoms with E-state index in [0.29, 0.717) is 17.2 Å². The molecule has 3 heteroatoms. The highest BCUT2D eigenvalue weighted by Crippen LogP contribution is 2.30. The summed E-state index contributed by atoms with van der Waals surface area (Å²) in [6.07, 6.45) is 5.75. The van der Waals surface area contributed by atoms with Crippen molar-refractivity contribution in [1.29, 1.82) is 0 Å². The Balaban J connectivity index is 2.15. The van der Waals surface area contributed by atoms with E-state index in [2.05, 4.69) is 12.2 Å². The van der Waals surface area contributed by atoms with Crippen molar-refractivity contribution >= 4 is 5.69 Å². The largest absolute Gasteiger partial charge is 0.380 e. The van der Waals surface area contributed by atoms with Crippen LogP contribution in [0.25, 0.3) is 0 Å². The van der Waals surface area contributed by atoms with Crippen molar-refractivity contribution in [3.63, 3.8) is 0 Å². The SMILES string of the molecule is CCC1CCCCC1Nc1cc(F)c(C)cc1F. The zero-order chi connectivity index (χ0) is 13.1. The Morgan fingerprint density at radius 3 is 2.61 bits per heavy atom. The van der Waals surface area contributed by atoms with Gasteiger partial charge in [0.2, 0.25) is 0 Å². The molecule has 1 saturated carbocycles. The van der Waals surface area contributed by atoms with Gasteiger partial charge in [-0.3, -0.25) is 0 Å². The highest BCUT2D eigenvalue weighted by Gasteiger charge is 2.24. The summed E-state index contributed by atoms with van der Waals surface area (Å²) < 4.78 is 27.3. The highest BCUT2D eigenvalue weighted by atomic mass is 19.1. The summed E-state index contributed by atoms with van der Waals surface area (Å²) in [4.78, 5) is 0. The molecule has 1 fully saturated rings. The summed E-state index contributed by atoms with van der Waals surface area (Å²) in [5.41, 5.74) is 0.664. The van der Waals surface area contributed by atoms with Gasteiger partial charge in [-0.2, -0.15) is 0 Å². The zero-order valence-electron chi connectivity index (χ0n) is 11.1. The summed E-state index contributed by atoms with van der Waals surface area (Å²) in [6, 6.07) is 2.83. The van der Waals surface area contributed by atoms with Gasteiger partial charge in [-0.05, 0) is 37.3 Å². The number of benzene rings is 1. The van der Waals surface area contributed by atoms with Gasteiger partial charge in [-0.15, -0.1) is 0 Å². The second kappa shape index (κ2) is 5.68. The van der Waals surface area contributed by atoms with Gasteiger partial charge in [0.25, 0.3) is 0 Å². The first-order valence-electron chi connectivity index (χ1n) is 6.84. The van der Waals surface area contributed by atoms with E-state index in [1.807, 2.05) is 0 Å². The molecule has 0 bridgehead atoms. The van der Waals surface area contributed by atoms with Crippen molar-refractivity contribution in [2.24, 2.45) is 5.92 Å². The summed E-state index contributed by atoms with van der Waals surface area (Å²) in [5.74, 6) is -0.125. The normalized spacial score (nSPS) is 24.0. The van der Waals surface area contributed by atoms with E-state index in [1.54, 1.807) is 6.92 Å². The first-order valence-corrected chi connectivity index (χ1v) is 6.84. The van der Waals surface area contributed by atoms with Crippen molar-refractivity contribution in [1.82, 2.24) is 0 Å². The smallest absolute Gasteiger partial charge is 0.146 e. The Kier molecular flexibility index (Phi) is 4.20. The average molecular weight is 253 g/mol. The molecule has 1 aromatic rings. The lowest BCUT2D eigenvalue weighted by atomic mass is 9.83. The van der Waals surface area contributed by atoms with Gasteiger partial charge in [0.15, 0.2) is 0 Å². The van der Waals surface area contributed by atoms with Crippen molar-refractivity contribution < 1.29 is 8.78 Å². The molecule has 18 heavy (non-hydrogen) atoms. The minimum atomic E-state index is -0.352. The van der Waals surface area contributed by atoms with Crippen LogP contribution in [0.3, 0.4) is 0 Å². The molecular weight excluding hydrogens is 232 g/mol. The standard InChI is InChI=1S/C15H21F2N/c1-3-11-6-4-5-7-14(11)18-15-9-12(16)10(2)8-13(15)17/h8-9,11,14,18H,3-7H2,1-2H3. The Hall–Kier alpha value is -1.12. The van der Waals surface area contributed by atoms with Gasteiger partial charge in [0, 0.05) is 12.1 Å². The van der Waals surface area contributed by atoms with Crippen molar-refractivity contribution in [3.05, 3.63) is 29.3 Å². The zero-order valence-corrected chi connectivity index (χ0v) is 11.1. The lowest BCUT2D eigenvalue weighted by molar-refractivity contribution is 0.316. The third-order valence-electron chi connectivity index (χ3n) is 4.02. The Morgan fingerprint density at radius 2 is 1.89 bits per heavy atom. The van der Waals surface area contributed by atoms with Crippen LogP contribution in [0, 0.1) is 24.5 Å². The maximum Gasteiger partial charge on any atom is 0.146 e. The number of aryl methyl sites for hydroxylation is 1. The van der Waals surface area contributed by atoms with Crippen LogP contribution in [0.15, 0.2) is 12.1 Å². The number of nitrogens with one attached hydrogen (secondary N) is 1. The van der Waals surface area contributed by atoms with E-state index in [-0.39, 0.29) is 17.7 Å². The molecule has 0 aliphatic heterocycles. The Bertz CT molecular complexity index is 417. The second-order valence-electron chi connectivity index (χ2n) is 5.28. The lowest BCUT2D eigenvalue weighted by Gasteiger charge is -2.32. The molecule has 1 aliphatic rings. The predicted molar refractivity (Wildman–Crippen MR) is 70.8 cm³/mol. The summed E-state index contributed by atoms with van der Waals surface area (Å²) >= 11 is 0. The van der Waals surface area contributed by atoms with E-state index >= 15 is 0 Å². The molecule has 2 unspecified atom stereocenters. The van der Waals surface area contributed by atoms with Gasteiger partial charge >= 0.3 is 0 Å². The minimum absolute atomic E-state index is 0.278. The van der Waals surface area contributed by atoms with Crippen LogP contribution in [-0.2, 0) is 0 Å².